The lowest BCUT2D eigenvalue weighted by atomic mass is 10.1. The van der Waals surface area contributed by atoms with Crippen molar-refractivity contribution in [3.8, 4) is 0 Å². The number of hydrogen-bond donors (Lipinski definition) is 0. The van der Waals surface area contributed by atoms with Gasteiger partial charge in [0.1, 0.15) is 6.17 Å². The first-order chi connectivity index (χ1) is 7.77. The van der Waals surface area contributed by atoms with E-state index < -0.39 is 0 Å². The van der Waals surface area contributed by atoms with Crippen molar-refractivity contribution in [1.29, 1.82) is 0 Å². The molecule has 1 unspecified atom stereocenters. The number of rotatable bonds is 3. The molecule has 0 saturated heterocycles. The molecule has 2 rings (SSSR count). The first-order valence-corrected chi connectivity index (χ1v) is 6.03. The molecule has 0 aliphatic carbocycles. The van der Waals surface area contributed by atoms with Crippen molar-refractivity contribution in [1.82, 2.24) is 9.80 Å². The van der Waals surface area contributed by atoms with Gasteiger partial charge in [-0.2, -0.15) is 0 Å². The largest absolute Gasteiger partial charge is 0.352 e. The van der Waals surface area contributed by atoms with Crippen LogP contribution in [-0.4, -0.2) is 22.9 Å². The van der Waals surface area contributed by atoms with Gasteiger partial charge in [0, 0.05) is 25.0 Å². The van der Waals surface area contributed by atoms with Crippen molar-refractivity contribution in [3.05, 3.63) is 47.8 Å². The van der Waals surface area contributed by atoms with Gasteiger partial charge in [0.05, 0.1) is 0 Å². The van der Waals surface area contributed by atoms with Gasteiger partial charge in [0.25, 0.3) is 0 Å². The molecule has 0 fully saturated rings. The van der Waals surface area contributed by atoms with Gasteiger partial charge in [-0.25, -0.2) is 0 Å². The summed E-state index contributed by atoms with van der Waals surface area (Å²) in [6, 6.07) is 10.7. The molecule has 0 saturated carbocycles. The maximum absolute atomic E-state index is 2.44. The number of allylic oxidation sites excluding steroid dienone is 1. The minimum Gasteiger partial charge on any atom is -0.352 e. The highest BCUT2D eigenvalue weighted by atomic mass is 15.4. The van der Waals surface area contributed by atoms with Gasteiger partial charge < -0.3 is 9.80 Å². The monoisotopic (exact) mass is 216 g/mol. The molecule has 1 aromatic rings. The van der Waals surface area contributed by atoms with Crippen LogP contribution >= 0.6 is 0 Å². The molecule has 2 nitrogen and oxygen atoms in total. The molecule has 0 spiro atoms. The molecule has 1 aliphatic heterocycles. The molecule has 0 amide bonds. The van der Waals surface area contributed by atoms with E-state index in [1.165, 1.54) is 11.3 Å². The van der Waals surface area contributed by atoms with Crippen molar-refractivity contribution in [3.63, 3.8) is 0 Å². The third-order valence-corrected chi connectivity index (χ3v) is 3.22. The summed E-state index contributed by atoms with van der Waals surface area (Å²) in [5.74, 6) is 0. The summed E-state index contributed by atoms with van der Waals surface area (Å²) < 4.78 is 0. The van der Waals surface area contributed by atoms with Crippen molar-refractivity contribution in [2.24, 2.45) is 0 Å². The molecule has 86 valence electrons. The average molecular weight is 216 g/mol. The van der Waals surface area contributed by atoms with Gasteiger partial charge in [-0.15, -0.1) is 0 Å². The summed E-state index contributed by atoms with van der Waals surface area (Å²) in [6.45, 7) is 8.71. The van der Waals surface area contributed by atoms with E-state index in [1.54, 1.807) is 0 Å². The molecular formula is C14H20N2. The highest BCUT2D eigenvalue weighted by Crippen LogP contribution is 2.33. The van der Waals surface area contributed by atoms with Crippen LogP contribution < -0.4 is 0 Å². The minimum atomic E-state index is 0.385. The van der Waals surface area contributed by atoms with Gasteiger partial charge >= 0.3 is 0 Å². The second kappa shape index (κ2) is 4.60. The lowest BCUT2D eigenvalue weighted by molar-refractivity contribution is 0.157. The maximum atomic E-state index is 2.44. The summed E-state index contributed by atoms with van der Waals surface area (Å²) in [5.41, 5.74) is 2.73. The van der Waals surface area contributed by atoms with Crippen LogP contribution in [0, 0.1) is 0 Å². The minimum absolute atomic E-state index is 0.385. The van der Waals surface area contributed by atoms with E-state index in [1.807, 2.05) is 0 Å². The molecule has 0 aromatic heterocycles. The van der Waals surface area contributed by atoms with Crippen LogP contribution in [0.3, 0.4) is 0 Å². The SMILES string of the molecule is CCN1C=C(C)N(CC)C1c1ccccc1. The molecule has 2 heteroatoms. The Balaban J connectivity index is 2.32. The lowest BCUT2D eigenvalue weighted by Gasteiger charge is -2.33. The standard InChI is InChI=1S/C14H20N2/c1-4-15-11-12(3)16(5-2)14(15)13-9-7-6-8-10-13/h6-11,14H,4-5H2,1-3H3. The van der Waals surface area contributed by atoms with Crippen LogP contribution in [0.5, 0.6) is 0 Å². The van der Waals surface area contributed by atoms with Crippen LogP contribution in [-0.2, 0) is 0 Å². The van der Waals surface area contributed by atoms with E-state index in [0.717, 1.165) is 13.1 Å². The highest BCUT2D eigenvalue weighted by Gasteiger charge is 2.28. The molecule has 1 heterocycles. The molecule has 1 aliphatic rings. The Bertz CT molecular complexity index is 370. The van der Waals surface area contributed by atoms with Crippen LogP contribution in [0.1, 0.15) is 32.5 Å². The summed E-state index contributed by atoms with van der Waals surface area (Å²) in [6.07, 6.45) is 2.65. The van der Waals surface area contributed by atoms with E-state index in [-0.39, 0.29) is 0 Å². The Labute approximate surface area is 98.2 Å². The first-order valence-electron chi connectivity index (χ1n) is 6.03. The second-order valence-electron chi connectivity index (χ2n) is 4.17. The Morgan fingerprint density at radius 2 is 1.75 bits per heavy atom. The highest BCUT2D eigenvalue weighted by molar-refractivity contribution is 5.23. The van der Waals surface area contributed by atoms with Crippen molar-refractivity contribution in [2.45, 2.75) is 26.9 Å². The Hall–Kier alpha value is -1.44. The fraction of sp³-hybridized carbons (Fsp3) is 0.429. The van der Waals surface area contributed by atoms with Gasteiger partial charge in [0.15, 0.2) is 0 Å². The van der Waals surface area contributed by atoms with Gasteiger partial charge in [-0.1, -0.05) is 30.3 Å². The zero-order valence-corrected chi connectivity index (χ0v) is 10.4. The molecule has 16 heavy (non-hydrogen) atoms. The van der Waals surface area contributed by atoms with Crippen LogP contribution in [0.15, 0.2) is 42.2 Å². The smallest absolute Gasteiger partial charge is 0.127 e. The number of nitrogens with zero attached hydrogens (tertiary/aromatic N) is 2. The molecule has 0 bridgehead atoms. The molecule has 0 radical (unpaired) electrons. The summed E-state index contributed by atoms with van der Waals surface area (Å²) >= 11 is 0. The van der Waals surface area contributed by atoms with E-state index in [2.05, 4.69) is 67.1 Å². The number of hydrogen-bond acceptors (Lipinski definition) is 2. The zero-order chi connectivity index (χ0) is 11.5. The van der Waals surface area contributed by atoms with Gasteiger partial charge in [-0.3, -0.25) is 0 Å². The topological polar surface area (TPSA) is 6.48 Å². The van der Waals surface area contributed by atoms with Crippen molar-refractivity contribution in [2.75, 3.05) is 13.1 Å². The third-order valence-electron chi connectivity index (χ3n) is 3.22. The Kier molecular flexibility index (Phi) is 3.18. The van der Waals surface area contributed by atoms with Gasteiger partial charge in [0.2, 0.25) is 0 Å². The van der Waals surface area contributed by atoms with Crippen molar-refractivity contribution < 1.29 is 0 Å². The predicted octanol–water partition coefficient (Wildman–Crippen LogP) is 3.20. The molecule has 1 aromatic carbocycles. The summed E-state index contributed by atoms with van der Waals surface area (Å²) in [4.78, 5) is 4.84. The normalized spacial score (nSPS) is 20.2. The maximum Gasteiger partial charge on any atom is 0.127 e. The lowest BCUT2D eigenvalue weighted by Crippen LogP contribution is -2.31. The zero-order valence-electron chi connectivity index (χ0n) is 10.4. The fourth-order valence-electron chi connectivity index (χ4n) is 2.44. The van der Waals surface area contributed by atoms with E-state index in [0.29, 0.717) is 6.17 Å². The summed E-state index contributed by atoms with van der Waals surface area (Å²) in [7, 11) is 0. The molecular weight excluding hydrogens is 196 g/mol. The van der Waals surface area contributed by atoms with E-state index in [4.69, 9.17) is 0 Å². The molecule has 1 atom stereocenters. The fourth-order valence-corrected chi connectivity index (χ4v) is 2.44. The first kappa shape index (κ1) is 11.1. The van der Waals surface area contributed by atoms with Crippen molar-refractivity contribution >= 4 is 0 Å². The number of benzene rings is 1. The Morgan fingerprint density at radius 3 is 2.31 bits per heavy atom. The third kappa shape index (κ3) is 1.80. The molecule has 0 N–H and O–H groups in total. The summed E-state index contributed by atoms with van der Waals surface area (Å²) in [5, 5.41) is 0. The van der Waals surface area contributed by atoms with E-state index >= 15 is 0 Å². The van der Waals surface area contributed by atoms with E-state index in [9.17, 15) is 0 Å². The second-order valence-corrected chi connectivity index (χ2v) is 4.17. The Morgan fingerprint density at radius 1 is 1.06 bits per heavy atom. The van der Waals surface area contributed by atoms with Crippen LogP contribution in [0.25, 0.3) is 0 Å². The predicted molar refractivity (Wildman–Crippen MR) is 67.7 cm³/mol. The average Bonchev–Trinajstić information content (AvgIpc) is 2.66. The van der Waals surface area contributed by atoms with Gasteiger partial charge in [-0.05, 0) is 26.3 Å². The van der Waals surface area contributed by atoms with Crippen LogP contribution in [0.2, 0.25) is 0 Å². The quantitative estimate of drug-likeness (QED) is 0.765. The van der Waals surface area contributed by atoms with Crippen LogP contribution in [0.4, 0.5) is 0 Å².